The maximum atomic E-state index is 10.9. The molecule has 2 heterocycles. The predicted octanol–water partition coefficient (Wildman–Crippen LogP) is 3.28. The molecule has 0 bridgehead atoms. The molecule has 108 valence electrons. The van der Waals surface area contributed by atoms with Crippen molar-refractivity contribution in [1.82, 2.24) is 9.88 Å². The van der Waals surface area contributed by atoms with Crippen LogP contribution in [0, 0.1) is 12.8 Å². The Morgan fingerprint density at radius 3 is 2.75 bits per heavy atom. The summed E-state index contributed by atoms with van der Waals surface area (Å²) in [7, 11) is 0. The number of carbonyl (C=O) groups is 1. The van der Waals surface area contributed by atoms with Gasteiger partial charge in [0.05, 0.1) is 9.46 Å². The highest BCUT2D eigenvalue weighted by atomic mass is 79.9. The second-order valence-corrected chi connectivity index (χ2v) is 6.17. The van der Waals surface area contributed by atoms with Crippen molar-refractivity contribution in [3.05, 3.63) is 22.3 Å². The molecule has 5 nitrogen and oxygen atoms in total. The lowest BCUT2D eigenvalue weighted by molar-refractivity contribution is 0.131. The van der Waals surface area contributed by atoms with Crippen LogP contribution in [0.25, 0.3) is 0 Å². The normalized spacial score (nSPS) is 16.0. The smallest absolute Gasteiger partial charge is 0.407 e. The summed E-state index contributed by atoms with van der Waals surface area (Å²) >= 11 is 8.87. The van der Waals surface area contributed by atoms with Crippen molar-refractivity contribution in [2.75, 3.05) is 18.4 Å². The van der Waals surface area contributed by atoms with Gasteiger partial charge in [0.2, 0.25) is 0 Å². The fourth-order valence-electron chi connectivity index (χ4n) is 2.18. The molecular formula is C13H16BrN3O2S. The molecule has 2 rings (SSSR count). The van der Waals surface area contributed by atoms with E-state index < -0.39 is 6.09 Å². The highest BCUT2D eigenvalue weighted by Crippen LogP contribution is 2.24. The lowest BCUT2D eigenvalue weighted by Gasteiger charge is -2.30. The van der Waals surface area contributed by atoms with Gasteiger partial charge in [-0.15, -0.1) is 0 Å². The second-order valence-electron chi connectivity index (χ2n) is 4.88. The number of hydrogen-bond acceptors (Lipinski definition) is 3. The summed E-state index contributed by atoms with van der Waals surface area (Å²) < 4.78 is 0.878. The largest absolute Gasteiger partial charge is 0.465 e. The molecule has 0 aromatic carbocycles. The summed E-state index contributed by atoms with van der Waals surface area (Å²) in [5, 5.41) is 12.1. The lowest BCUT2D eigenvalue weighted by atomic mass is 9.97. The van der Waals surface area contributed by atoms with E-state index in [1.807, 2.05) is 13.0 Å². The summed E-state index contributed by atoms with van der Waals surface area (Å²) in [5.41, 5.74) is 1.07. The minimum atomic E-state index is -0.856. The predicted molar refractivity (Wildman–Crippen MR) is 85.2 cm³/mol. The molecule has 0 spiro atoms. The van der Waals surface area contributed by atoms with Crippen molar-refractivity contribution < 1.29 is 9.90 Å². The van der Waals surface area contributed by atoms with Crippen LogP contribution in [0.1, 0.15) is 18.4 Å². The van der Waals surface area contributed by atoms with Crippen LogP contribution in [0.15, 0.2) is 16.7 Å². The molecule has 1 aromatic rings. The number of amides is 1. The van der Waals surface area contributed by atoms with Crippen LogP contribution >= 0.6 is 28.1 Å². The van der Waals surface area contributed by atoms with E-state index in [1.165, 1.54) is 4.90 Å². The van der Waals surface area contributed by atoms with Gasteiger partial charge in [-0.3, -0.25) is 0 Å². The molecule has 1 aliphatic heterocycles. The number of piperidine rings is 1. The highest BCUT2D eigenvalue weighted by Gasteiger charge is 2.25. The summed E-state index contributed by atoms with van der Waals surface area (Å²) in [4.78, 5) is 17.3. The fraction of sp³-hybridized carbons (Fsp3) is 0.462. The molecule has 0 saturated carbocycles. The molecule has 1 fully saturated rings. The van der Waals surface area contributed by atoms with Crippen molar-refractivity contribution in [2.24, 2.45) is 5.92 Å². The van der Waals surface area contributed by atoms with Crippen LogP contribution in [0.3, 0.4) is 0 Å². The fourth-order valence-corrected chi connectivity index (χ4v) is 3.07. The monoisotopic (exact) mass is 357 g/mol. The van der Waals surface area contributed by atoms with E-state index in [-0.39, 0.29) is 5.92 Å². The summed E-state index contributed by atoms with van der Waals surface area (Å²) in [6.07, 6.45) is 2.43. The van der Waals surface area contributed by atoms with E-state index in [2.05, 4.69) is 26.2 Å². The van der Waals surface area contributed by atoms with Crippen LogP contribution in [-0.2, 0) is 0 Å². The third-order valence-electron chi connectivity index (χ3n) is 3.36. The molecule has 2 N–H and O–H groups in total. The Kier molecular flexibility index (Phi) is 4.93. The third kappa shape index (κ3) is 3.67. The molecule has 1 saturated heterocycles. The Balaban J connectivity index is 1.94. The van der Waals surface area contributed by atoms with E-state index in [4.69, 9.17) is 17.3 Å². The van der Waals surface area contributed by atoms with Gasteiger partial charge in [-0.05, 0) is 47.3 Å². The first-order valence-electron chi connectivity index (χ1n) is 6.38. The maximum absolute atomic E-state index is 10.9. The number of anilines is 1. The zero-order chi connectivity index (χ0) is 14.7. The minimum absolute atomic E-state index is 0.204. The number of thiocarbonyl (C=S) groups is 1. The van der Waals surface area contributed by atoms with Crippen molar-refractivity contribution >= 4 is 45.0 Å². The minimum Gasteiger partial charge on any atom is -0.465 e. The Morgan fingerprint density at radius 1 is 1.55 bits per heavy atom. The Labute approximate surface area is 131 Å². The number of halogens is 1. The van der Waals surface area contributed by atoms with Crippen LogP contribution in [0.2, 0.25) is 0 Å². The number of rotatable bonds is 2. The number of nitrogens with one attached hydrogen (secondary N) is 1. The first kappa shape index (κ1) is 15.2. The molecule has 0 aliphatic carbocycles. The van der Waals surface area contributed by atoms with Crippen LogP contribution in [0.5, 0.6) is 0 Å². The zero-order valence-corrected chi connectivity index (χ0v) is 13.5. The Hall–Kier alpha value is -1.21. The highest BCUT2D eigenvalue weighted by molar-refractivity contribution is 9.10. The quantitative estimate of drug-likeness (QED) is 0.795. The standard InChI is InChI=1S/C13H16BrN3O2S/c1-8-6-10(14)11(15-7-8)16-12(20)9-2-4-17(5-3-9)13(18)19/h6-7,9H,2-5H2,1H3,(H,18,19)(H,15,16,20). The van der Waals surface area contributed by atoms with Gasteiger partial charge in [-0.1, -0.05) is 12.2 Å². The van der Waals surface area contributed by atoms with E-state index in [1.54, 1.807) is 6.20 Å². The number of nitrogens with zero attached hydrogens (tertiary/aromatic N) is 2. The molecular weight excluding hydrogens is 342 g/mol. The zero-order valence-electron chi connectivity index (χ0n) is 11.1. The van der Waals surface area contributed by atoms with Crippen molar-refractivity contribution in [3.8, 4) is 0 Å². The third-order valence-corrected chi connectivity index (χ3v) is 4.40. The number of pyridine rings is 1. The van der Waals surface area contributed by atoms with Gasteiger partial charge in [-0.25, -0.2) is 9.78 Å². The number of likely N-dealkylation sites (tertiary alicyclic amines) is 1. The van der Waals surface area contributed by atoms with Gasteiger partial charge >= 0.3 is 6.09 Å². The first-order chi connectivity index (χ1) is 9.47. The van der Waals surface area contributed by atoms with Gasteiger partial charge < -0.3 is 15.3 Å². The van der Waals surface area contributed by atoms with Gasteiger partial charge in [-0.2, -0.15) is 0 Å². The van der Waals surface area contributed by atoms with Crippen LogP contribution in [-0.4, -0.2) is 39.2 Å². The molecule has 7 heteroatoms. The molecule has 0 radical (unpaired) electrons. The second kappa shape index (κ2) is 6.49. The maximum Gasteiger partial charge on any atom is 0.407 e. The SMILES string of the molecule is Cc1cnc(NC(=S)C2CCN(C(=O)O)CC2)c(Br)c1. The first-order valence-corrected chi connectivity index (χ1v) is 7.58. The number of carboxylic acid groups (broad SMARTS) is 1. The molecule has 0 unspecified atom stereocenters. The van der Waals surface area contributed by atoms with E-state index in [0.29, 0.717) is 18.9 Å². The topological polar surface area (TPSA) is 65.5 Å². The van der Waals surface area contributed by atoms with Gasteiger partial charge in [0, 0.05) is 25.2 Å². The molecule has 1 aliphatic rings. The van der Waals surface area contributed by atoms with Crippen LogP contribution < -0.4 is 5.32 Å². The molecule has 1 amide bonds. The van der Waals surface area contributed by atoms with Crippen molar-refractivity contribution in [2.45, 2.75) is 19.8 Å². The summed E-state index contributed by atoms with van der Waals surface area (Å²) in [5.74, 6) is 0.914. The number of aromatic nitrogens is 1. The molecule has 1 aromatic heterocycles. The molecule has 20 heavy (non-hydrogen) atoms. The average molecular weight is 358 g/mol. The average Bonchev–Trinajstić information content (AvgIpc) is 2.42. The Morgan fingerprint density at radius 2 is 2.20 bits per heavy atom. The number of aryl methyl sites for hydroxylation is 1. The van der Waals surface area contributed by atoms with Gasteiger partial charge in [0.25, 0.3) is 0 Å². The van der Waals surface area contributed by atoms with Gasteiger partial charge in [0.15, 0.2) is 0 Å². The van der Waals surface area contributed by atoms with Gasteiger partial charge in [0.1, 0.15) is 5.82 Å². The van der Waals surface area contributed by atoms with Crippen LogP contribution in [0.4, 0.5) is 10.6 Å². The van der Waals surface area contributed by atoms with Crippen molar-refractivity contribution in [3.63, 3.8) is 0 Å². The molecule has 0 atom stereocenters. The van der Waals surface area contributed by atoms with Crippen molar-refractivity contribution in [1.29, 1.82) is 0 Å². The number of hydrogen-bond donors (Lipinski definition) is 2. The Bertz CT molecular complexity index is 530. The summed E-state index contributed by atoms with van der Waals surface area (Å²) in [6, 6.07) is 1.98. The lowest BCUT2D eigenvalue weighted by Crippen LogP contribution is -2.40. The van der Waals surface area contributed by atoms with E-state index >= 15 is 0 Å². The van der Waals surface area contributed by atoms with E-state index in [0.717, 1.165) is 27.9 Å². The summed E-state index contributed by atoms with van der Waals surface area (Å²) in [6.45, 7) is 3.04. The van der Waals surface area contributed by atoms with E-state index in [9.17, 15) is 4.79 Å².